The van der Waals surface area contributed by atoms with Gasteiger partial charge < -0.3 is 5.32 Å². The normalized spacial score (nSPS) is 12.9. The second-order valence-corrected chi connectivity index (χ2v) is 4.70. The van der Waals surface area contributed by atoms with Crippen molar-refractivity contribution in [3.8, 4) is 0 Å². The predicted octanol–water partition coefficient (Wildman–Crippen LogP) is 3.99. The molecule has 1 nitrogen and oxygen atoms in total. The van der Waals surface area contributed by atoms with E-state index in [1.165, 1.54) is 5.56 Å². The number of hydrogen-bond acceptors (Lipinski definition) is 1. The summed E-state index contributed by atoms with van der Waals surface area (Å²) >= 11 is 9.36. The Morgan fingerprint density at radius 3 is 2.79 bits per heavy atom. The Morgan fingerprint density at radius 1 is 1.50 bits per heavy atom. The third-order valence-electron chi connectivity index (χ3n) is 2.25. The van der Waals surface area contributed by atoms with Crippen molar-refractivity contribution in [3.63, 3.8) is 0 Å². The van der Waals surface area contributed by atoms with Crippen LogP contribution >= 0.6 is 27.5 Å². The lowest BCUT2D eigenvalue weighted by Gasteiger charge is -2.11. The molecule has 1 aromatic carbocycles. The summed E-state index contributed by atoms with van der Waals surface area (Å²) in [6.45, 7) is 5.23. The van der Waals surface area contributed by atoms with Gasteiger partial charge in [0.25, 0.3) is 0 Å². The molecule has 1 rings (SSSR count). The van der Waals surface area contributed by atoms with Crippen LogP contribution in [0.4, 0.5) is 0 Å². The van der Waals surface area contributed by atoms with Gasteiger partial charge in [-0.3, -0.25) is 0 Å². The van der Waals surface area contributed by atoms with Crippen LogP contribution in [0.1, 0.15) is 25.8 Å². The first-order valence-corrected chi connectivity index (χ1v) is 5.98. The average Bonchev–Trinajstić information content (AvgIpc) is 2.19. The molecule has 0 heterocycles. The van der Waals surface area contributed by atoms with Gasteiger partial charge in [0.05, 0.1) is 5.02 Å². The lowest BCUT2D eigenvalue weighted by molar-refractivity contribution is 0.534. The summed E-state index contributed by atoms with van der Waals surface area (Å²) in [6.07, 6.45) is 1.14. The highest BCUT2D eigenvalue weighted by Gasteiger charge is 2.01. The topological polar surface area (TPSA) is 12.0 Å². The highest BCUT2D eigenvalue weighted by Crippen LogP contribution is 2.23. The molecule has 0 fully saturated rings. The van der Waals surface area contributed by atoms with Gasteiger partial charge in [-0.15, -0.1) is 0 Å². The van der Waals surface area contributed by atoms with Crippen LogP contribution in [0.3, 0.4) is 0 Å². The molecule has 0 aliphatic carbocycles. The molecule has 0 amide bonds. The zero-order chi connectivity index (χ0) is 10.6. The van der Waals surface area contributed by atoms with E-state index in [9.17, 15) is 0 Å². The number of rotatable bonds is 4. The number of halogens is 2. The molecule has 1 aromatic rings. The third kappa shape index (κ3) is 3.60. The third-order valence-corrected chi connectivity index (χ3v) is 3.48. The quantitative estimate of drug-likeness (QED) is 0.877. The first-order chi connectivity index (χ1) is 6.63. The van der Waals surface area contributed by atoms with E-state index < -0.39 is 0 Å². The Bertz CT molecular complexity index is 301. The average molecular weight is 277 g/mol. The summed E-state index contributed by atoms with van der Waals surface area (Å²) in [7, 11) is 0. The fourth-order valence-electron chi connectivity index (χ4n) is 1.09. The first-order valence-electron chi connectivity index (χ1n) is 4.80. The van der Waals surface area contributed by atoms with Crippen molar-refractivity contribution >= 4 is 27.5 Å². The molecule has 0 aliphatic rings. The second kappa shape index (κ2) is 5.74. The van der Waals surface area contributed by atoms with E-state index in [0.29, 0.717) is 6.04 Å². The Morgan fingerprint density at radius 2 is 2.21 bits per heavy atom. The first kappa shape index (κ1) is 12.0. The van der Waals surface area contributed by atoms with E-state index in [-0.39, 0.29) is 0 Å². The van der Waals surface area contributed by atoms with Gasteiger partial charge in [0.15, 0.2) is 0 Å². The Hall–Kier alpha value is -0.0500. The molecule has 14 heavy (non-hydrogen) atoms. The van der Waals surface area contributed by atoms with Crippen LogP contribution in [-0.2, 0) is 6.54 Å². The molecule has 1 atom stereocenters. The summed E-state index contributed by atoms with van der Waals surface area (Å²) in [4.78, 5) is 0. The summed E-state index contributed by atoms with van der Waals surface area (Å²) in [5, 5.41) is 4.19. The highest BCUT2D eigenvalue weighted by molar-refractivity contribution is 9.10. The SMILES string of the molecule is CCC(C)NCc1ccc(Br)c(Cl)c1. The minimum absolute atomic E-state index is 0.553. The van der Waals surface area contributed by atoms with Crippen LogP contribution < -0.4 is 5.32 Å². The smallest absolute Gasteiger partial charge is 0.0551 e. The lowest BCUT2D eigenvalue weighted by atomic mass is 10.2. The Balaban J connectivity index is 2.55. The maximum absolute atomic E-state index is 5.99. The number of benzene rings is 1. The van der Waals surface area contributed by atoms with Crippen molar-refractivity contribution in [2.24, 2.45) is 0 Å². The molecule has 0 spiro atoms. The minimum atomic E-state index is 0.553. The van der Waals surface area contributed by atoms with Gasteiger partial charge in [-0.05, 0) is 47.0 Å². The zero-order valence-electron chi connectivity index (χ0n) is 8.48. The van der Waals surface area contributed by atoms with Crippen molar-refractivity contribution < 1.29 is 0 Å². The van der Waals surface area contributed by atoms with Gasteiger partial charge >= 0.3 is 0 Å². The predicted molar refractivity (Wildman–Crippen MR) is 65.7 cm³/mol. The van der Waals surface area contributed by atoms with Crippen molar-refractivity contribution in [2.75, 3.05) is 0 Å². The molecule has 0 bridgehead atoms. The van der Waals surface area contributed by atoms with Gasteiger partial charge in [-0.1, -0.05) is 24.6 Å². The van der Waals surface area contributed by atoms with Crippen LogP contribution in [0.5, 0.6) is 0 Å². The van der Waals surface area contributed by atoms with Gasteiger partial charge in [-0.2, -0.15) is 0 Å². The number of nitrogens with one attached hydrogen (secondary N) is 1. The molecule has 0 aromatic heterocycles. The van der Waals surface area contributed by atoms with E-state index >= 15 is 0 Å². The molecule has 0 aliphatic heterocycles. The Kier molecular flexibility index (Phi) is 4.93. The minimum Gasteiger partial charge on any atom is -0.310 e. The largest absolute Gasteiger partial charge is 0.310 e. The standard InChI is InChI=1S/C11H15BrClN/c1-3-8(2)14-7-9-4-5-10(12)11(13)6-9/h4-6,8,14H,3,7H2,1-2H3. The molecule has 78 valence electrons. The summed E-state index contributed by atoms with van der Waals surface area (Å²) in [5.74, 6) is 0. The van der Waals surface area contributed by atoms with Crippen LogP contribution in [0.25, 0.3) is 0 Å². The van der Waals surface area contributed by atoms with Crippen molar-refractivity contribution in [3.05, 3.63) is 33.3 Å². The van der Waals surface area contributed by atoms with Gasteiger partial charge in [0.2, 0.25) is 0 Å². The fraction of sp³-hybridized carbons (Fsp3) is 0.455. The van der Waals surface area contributed by atoms with E-state index in [1.54, 1.807) is 0 Å². The van der Waals surface area contributed by atoms with Crippen molar-refractivity contribution in [2.45, 2.75) is 32.9 Å². The molecule has 0 radical (unpaired) electrons. The van der Waals surface area contributed by atoms with Crippen molar-refractivity contribution in [1.29, 1.82) is 0 Å². The van der Waals surface area contributed by atoms with Gasteiger partial charge in [-0.25, -0.2) is 0 Å². The Labute approximate surface area is 99.0 Å². The summed E-state index contributed by atoms with van der Waals surface area (Å²) in [6, 6.07) is 6.60. The zero-order valence-corrected chi connectivity index (χ0v) is 10.8. The molecular formula is C11H15BrClN. The molecular weight excluding hydrogens is 261 g/mol. The highest BCUT2D eigenvalue weighted by atomic mass is 79.9. The molecule has 0 saturated heterocycles. The van der Waals surface area contributed by atoms with Crippen LogP contribution in [0.15, 0.2) is 22.7 Å². The monoisotopic (exact) mass is 275 g/mol. The summed E-state index contributed by atoms with van der Waals surface area (Å²) < 4.78 is 0.950. The van der Waals surface area contributed by atoms with Crippen LogP contribution in [0, 0.1) is 0 Å². The fourth-order valence-corrected chi connectivity index (χ4v) is 1.54. The molecule has 3 heteroatoms. The van der Waals surface area contributed by atoms with E-state index in [0.717, 1.165) is 22.5 Å². The molecule has 0 saturated carbocycles. The van der Waals surface area contributed by atoms with Crippen molar-refractivity contribution in [1.82, 2.24) is 5.32 Å². The van der Waals surface area contributed by atoms with Crippen LogP contribution in [-0.4, -0.2) is 6.04 Å². The number of hydrogen-bond donors (Lipinski definition) is 1. The molecule has 1 unspecified atom stereocenters. The second-order valence-electron chi connectivity index (χ2n) is 3.44. The van der Waals surface area contributed by atoms with Crippen LogP contribution in [0.2, 0.25) is 5.02 Å². The van der Waals surface area contributed by atoms with E-state index in [1.807, 2.05) is 12.1 Å². The molecule has 1 N–H and O–H groups in total. The maximum atomic E-state index is 5.99. The van der Waals surface area contributed by atoms with E-state index in [4.69, 9.17) is 11.6 Å². The summed E-state index contributed by atoms with van der Waals surface area (Å²) in [5.41, 5.74) is 1.22. The lowest BCUT2D eigenvalue weighted by Crippen LogP contribution is -2.24. The van der Waals surface area contributed by atoms with Gasteiger partial charge in [0, 0.05) is 17.1 Å². The van der Waals surface area contributed by atoms with E-state index in [2.05, 4.69) is 41.2 Å². The maximum Gasteiger partial charge on any atom is 0.0551 e. The van der Waals surface area contributed by atoms with Gasteiger partial charge in [0.1, 0.15) is 0 Å².